The largest absolute Gasteiger partial charge is 0.384 e. The maximum absolute atomic E-state index is 10.8. The third kappa shape index (κ3) is 2.24. The minimum absolute atomic E-state index is 0.510. The Labute approximate surface area is 119 Å². The number of hydrogen-bond acceptors (Lipinski definition) is 2. The first-order valence-electron chi connectivity index (χ1n) is 6.63. The third-order valence-corrected chi connectivity index (χ3v) is 5.40. The van der Waals surface area contributed by atoms with E-state index in [1.807, 2.05) is 0 Å². The fourth-order valence-electron chi connectivity index (χ4n) is 2.75. The van der Waals surface area contributed by atoms with Gasteiger partial charge in [0.1, 0.15) is 6.10 Å². The Kier molecular flexibility index (Phi) is 3.84. The summed E-state index contributed by atoms with van der Waals surface area (Å²) < 4.78 is 0. The van der Waals surface area contributed by atoms with Gasteiger partial charge in [-0.25, -0.2) is 0 Å². The van der Waals surface area contributed by atoms with Gasteiger partial charge in [0.05, 0.1) is 0 Å². The molecule has 1 aromatic heterocycles. The minimum atomic E-state index is -0.510. The smallest absolute Gasteiger partial charge is 0.106 e. The van der Waals surface area contributed by atoms with E-state index in [4.69, 9.17) is 0 Å². The molecule has 2 aromatic rings. The molecule has 0 aliphatic rings. The topological polar surface area (TPSA) is 20.2 Å². The van der Waals surface area contributed by atoms with E-state index < -0.39 is 6.10 Å². The molecule has 1 atom stereocenters. The van der Waals surface area contributed by atoms with Crippen molar-refractivity contribution in [2.24, 2.45) is 0 Å². The minimum Gasteiger partial charge on any atom is -0.384 e. The van der Waals surface area contributed by atoms with E-state index >= 15 is 0 Å². The zero-order valence-corrected chi connectivity index (χ0v) is 13.4. The molecule has 102 valence electrons. The van der Waals surface area contributed by atoms with E-state index in [0.29, 0.717) is 0 Å². The highest BCUT2D eigenvalue weighted by Gasteiger charge is 2.21. The molecule has 2 rings (SSSR count). The molecule has 0 spiro atoms. The molecule has 0 saturated heterocycles. The maximum atomic E-state index is 10.8. The molecule has 1 N–H and O–H groups in total. The molecule has 1 aromatic carbocycles. The van der Waals surface area contributed by atoms with Crippen molar-refractivity contribution in [1.82, 2.24) is 0 Å². The molecule has 0 amide bonds. The Morgan fingerprint density at radius 3 is 1.68 bits per heavy atom. The van der Waals surface area contributed by atoms with Gasteiger partial charge in [0.25, 0.3) is 0 Å². The molecule has 19 heavy (non-hydrogen) atoms. The van der Waals surface area contributed by atoms with E-state index in [1.165, 1.54) is 33.4 Å². The lowest BCUT2D eigenvalue weighted by molar-refractivity contribution is 0.218. The van der Waals surface area contributed by atoms with Gasteiger partial charge in [0.2, 0.25) is 0 Å². The van der Waals surface area contributed by atoms with E-state index in [1.54, 1.807) is 11.3 Å². The molecule has 0 aliphatic carbocycles. The summed E-state index contributed by atoms with van der Waals surface area (Å²) in [5.41, 5.74) is 9.67. The first-order chi connectivity index (χ1) is 8.86. The van der Waals surface area contributed by atoms with Crippen LogP contribution in [0, 0.1) is 41.5 Å². The van der Waals surface area contributed by atoms with Crippen molar-refractivity contribution in [3.63, 3.8) is 0 Å². The molecule has 2 heteroatoms. The van der Waals surface area contributed by atoms with Crippen molar-refractivity contribution in [3.8, 4) is 0 Å². The number of rotatable bonds is 2. The summed E-state index contributed by atoms with van der Waals surface area (Å²) in [6.45, 7) is 12.8. The average Bonchev–Trinajstić information content (AvgIpc) is 2.80. The van der Waals surface area contributed by atoms with Crippen molar-refractivity contribution in [1.29, 1.82) is 0 Å². The van der Waals surface area contributed by atoms with Crippen molar-refractivity contribution >= 4 is 11.3 Å². The molecule has 1 unspecified atom stereocenters. The van der Waals surface area contributed by atoms with Gasteiger partial charge in [0, 0.05) is 0 Å². The predicted octanol–water partition coefficient (Wildman–Crippen LogP) is 4.68. The third-order valence-electron chi connectivity index (χ3n) is 4.52. The molecule has 0 bridgehead atoms. The van der Waals surface area contributed by atoms with Gasteiger partial charge in [0.15, 0.2) is 0 Å². The van der Waals surface area contributed by atoms with Crippen LogP contribution in [-0.4, -0.2) is 5.11 Å². The van der Waals surface area contributed by atoms with E-state index in [0.717, 1.165) is 11.1 Å². The van der Waals surface area contributed by atoms with Gasteiger partial charge in [-0.15, -0.1) is 0 Å². The van der Waals surface area contributed by atoms with Gasteiger partial charge >= 0.3 is 0 Å². The van der Waals surface area contributed by atoms with Crippen LogP contribution >= 0.6 is 11.3 Å². The second kappa shape index (κ2) is 5.10. The fraction of sp³-hybridized carbons (Fsp3) is 0.412. The lowest BCUT2D eigenvalue weighted by Crippen LogP contribution is -2.09. The number of aliphatic hydroxyl groups excluding tert-OH is 1. The number of hydrogen-bond donors (Lipinski definition) is 1. The van der Waals surface area contributed by atoms with Crippen molar-refractivity contribution in [2.75, 3.05) is 0 Å². The van der Waals surface area contributed by atoms with Gasteiger partial charge in [-0.1, -0.05) is 0 Å². The first kappa shape index (κ1) is 14.3. The zero-order valence-electron chi connectivity index (χ0n) is 12.6. The summed E-state index contributed by atoms with van der Waals surface area (Å²) >= 11 is 1.65. The van der Waals surface area contributed by atoms with Crippen molar-refractivity contribution in [2.45, 2.75) is 47.6 Å². The Hall–Kier alpha value is -1.12. The van der Waals surface area contributed by atoms with Gasteiger partial charge in [-0.05, 0) is 96.8 Å². The number of thiophene rings is 1. The summed E-state index contributed by atoms with van der Waals surface area (Å²) in [7, 11) is 0. The van der Waals surface area contributed by atoms with E-state index in [-0.39, 0.29) is 0 Å². The van der Waals surface area contributed by atoms with Crippen LogP contribution in [0.4, 0.5) is 0 Å². The van der Waals surface area contributed by atoms with Crippen molar-refractivity contribution in [3.05, 3.63) is 55.3 Å². The second-order valence-electron chi connectivity index (χ2n) is 5.45. The van der Waals surface area contributed by atoms with Crippen LogP contribution in [0.5, 0.6) is 0 Å². The first-order valence-corrected chi connectivity index (χ1v) is 7.58. The highest BCUT2D eigenvalue weighted by molar-refractivity contribution is 7.08. The summed E-state index contributed by atoms with van der Waals surface area (Å²) in [6.07, 6.45) is -0.510. The van der Waals surface area contributed by atoms with Crippen LogP contribution in [0.2, 0.25) is 0 Å². The van der Waals surface area contributed by atoms with Gasteiger partial charge in [-0.3, -0.25) is 0 Å². The molecule has 1 nitrogen and oxygen atoms in total. The number of benzene rings is 1. The molecular weight excluding hydrogens is 252 g/mol. The van der Waals surface area contributed by atoms with Crippen LogP contribution < -0.4 is 0 Å². The second-order valence-corrected chi connectivity index (χ2v) is 6.19. The maximum Gasteiger partial charge on any atom is 0.106 e. The van der Waals surface area contributed by atoms with Crippen LogP contribution in [0.15, 0.2) is 10.8 Å². The van der Waals surface area contributed by atoms with Crippen LogP contribution in [-0.2, 0) is 0 Å². The molecule has 0 fully saturated rings. The Bertz CT molecular complexity index is 593. The average molecular weight is 274 g/mol. The fourth-order valence-corrected chi connectivity index (χ4v) is 3.61. The Balaban J connectivity index is 2.67. The van der Waals surface area contributed by atoms with E-state index in [9.17, 15) is 5.11 Å². The highest BCUT2D eigenvalue weighted by atomic mass is 32.1. The predicted molar refractivity (Wildman–Crippen MR) is 83.2 cm³/mol. The van der Waals surface area contributed by atoms with E-state index in [2.05, 4.69) is 52.3 Å². The molecule has 1 heterocycles. The van der Waals surface area contributed by atoms with Gasteiger partial charge < -0.3 is 5.11 Å². The normalized spacial score (nSPS) is 12.8. The molecule has 0 radical (unpaired) electrons. The zero-order chi connectivity index (χ0) is 14.3. The Morgan fingerprint density at radius 1 is 0.789 bits per heavy atom. The lowest BCUT2D eigenvalue weighted by atomic mass is 9.85. The summed E-state index contributed by atoms with van der Waals surface area (Å²) in [6, 6.07) is 0. The van der Waals surface area contributed by atoms with Crippen LogP contribution in [0.25, 0.3) is 0 Å². The van der Waals surface area contributed by atoms with Crippen molar-refractivity contribution < 1.29 is 5.11 Å². The number of aliphatic hydroxyl groups is 1. The molecular formula is C17H22OS. The lowest BCUT2D eigenvalue weighted by Gasteiger charge is -2.22. The van der Waals surface area contributed by atoms with Crippen LogP contribution in [0.3, 0.4) is 0 Å². The molecule has 0 saturated carbocycles. The quantitative estimate of drug-likeness (QED) is 0.843. The molecule has 0 aliphatic heterocycles. The number of aryl methyl sites for hydroxylation is 1. The van der Waals surface area contributed by atoms with Crippen LogP contribution in [0.1, 0.15) is 50.6 Å². The van der Waals surface area contributed by atoms with Gasteiger partial charge in [-0.2, -0.15) is 11.3 Å². The highest BCUT2D eigenvalue weighted by Crippen LogP contribution is 2.35. The monoisotopic (exact) mass is 274 g/mol. The SMILES string of the molecule is Cc1cscc1C(O)c1c(C)c(C)c(C)c(C)c1C. The Morgan fingerprint density at radius 2 is 1.26 bits per heavy atom. The summed E-state index contributed by atoms with van der Waals surface area (Å²) in [5.74, 6) is 0. The summed E-state index contributed by atoms with van der Waals surface area (Å²) in [5, 5.41) is 14.9. The standard InChI is InChI=1S/C17H22OS/c1-9-7-19-8-15(9)17(18)16-13(5)11(3)10(2)12(4)14(16)6/h7-8,17-18H,1-6H3. The summed E-state index contributed by atoms with van der Waals surface area (Å²) in [4.78, 5) is 0.